The van der Waals surface area contributed by atoms with Crippen molar-refractivity contribution in [1.82, 2.24) is 24.4 Å². The highest BCUT2D eigenvalue weighted by Crippen LogP contribution is 2.21. The summed E-state index contributed by atoms with van der Waals surface area (Å²) in [6.07, 6.45) is 3.08. The van der Waals surface area contributed by atoms with Crippen LogP contribution in [0.4, 0.5) is 5.82 Å². The molecule has 3 aromatic rings. The molecule has 0 unspecified atom stereocenters. The third-order valence-electron chi connectivity index (χ3n) is 2.86. The fourth-order valence-corrected chi connectivity index (χ4v) is 1.88. The van der Waals surface area contributed by atoms with Gasteiger partial charge >= 0.3 is 0 Å². The summed E-state index contributed by atoms with van der Waals surface area (Å²) in [6.45, 7) is 0.651. The van der Waals surface area contributed by atoms with Crippen molar-refractivity contribution in [3.63, 3.8) is 0 Å². The molecule has 19 heavy (non-hydrogen) atoms. The zero-order valence-electron chi connectivity index (χ0n) is 10.1. The van der Waals surface area contributed by atoms with Crippen molar-refractivity contribution in [2.75, 3.05) is 11.6 Å². The Labute approximate surface area is 109 Å². The lowest BCUT2D eigenvalue weighted by molar-refractivity contribution is 0.808. The fraction of sp³-hybridized carbons (Fsp3) is 0.0833. The van der Waals surface area contributed by atoms with E-state index < -0.39 is 0 Å². The van der Waals surface area contributed by atoms with Gasteiger partial charge in [-0.05, 0) is 5.56 Å². The molecular formula is C12H13N7. The third-order valence-corrected chi connectivity index (χ3v) is 2.86. The minimum atomic E-state index is 0.448. The van der Waals surface area contributed by atoms with Gasteiger partial charge in [0, 0.05) is 0 Å². The van der Waals surface area contributed by atoms with E-state index in [0.29, 0.717) is 23.9 Å². The topological polar surface area (TPSA) is 101 Å². The minimum absolute atomic E-state index is 0.448. The molecule has 0 aliphatic carbocycles. The molecule has 7 nitrogen and oxygen atoms in total. The molecule has 0 aliphatic heterocycles. The zero-order chi connectivity index (χ0) is 13.2. The molecule has 2 heterocycles. The van der Waals surface area contributed by atoms with Gasteiger partial charge in [0.25, 0.3) is 0 Å². The van der Waals surface area contributed by atoms with E-state index in [1.807, 2.05) is 34.9 Å². The highest BCUT2D eigenvalue weighted by molar-refractivity contribution is 5.64. The Morgan fingerprint density at radius 2 is 1.89 bits per heavy atom. The Balaban J connectivity index is 1.94. The van der Waals surface area contributed by atoms with Crippen molar-refractivity contribution in [3.8, 4) is 11.5 Å². The Bertz CT molecular complexity index is 683. The Hall–Kier alpha value is -2.83. The molecule has 0 radical (unpaired) electrons. The first kappa shape index (κ1) is 11.3. The second-order valence-electron chi connectivity index (χ2n) is 4.15. The van der Waals surface area contributed by atoms with Crippen LogP contribution in [0.3, 0.4) is 0 Å². The van der Waals surface area contributed by atoms with E-state index >= 15 is 0 Å². The predicted octanol–water partition coefficient (Wildman–Crippen LogP) is 0.486. The van der Waals surface area contributed by atoms with Gasteiger partial charge in [-0.2, -0.15) is 0 Å². The van der Waals surface area contributed by atoms with Crippen molar-refractivity contribution in [2.45, 2.75) is 6.54 Å². The highest BCUT2D eigenvalue weighted by Gasteiger charge is 2.14. The molecule has 0 aliphatic rings. The average Bonchev–Trinajstić information content (AvgIpc) is 2.98. The van der Waals surface area contributed by atoms with Gasteiger partial charge in [0.2, 0.25) is 5.82 Å². The maximum Gasteiger partial charge on any atom is 0.204 e. The number of hydrogen-bond acceptors (Lipinski definition) is 5. The number of nitrogens with two attached hydrogens (primary N) is 2. The average molecular weight is 255 g/mol. The first-order chi connectivity index (χ1) is 9.25. The number of anilines is 1. The minimum Gasteiger partial charge on any atom is -0.383 e. The van der Waals surface area contributed by atoms with Gasteiger partial charge in [-0.1, -0.05) is 30.3 Å². The number of rotatable bonds is 3. The van der Waals surface area contributed by atoms with Crippen LogP contribution in [0.1, 0.15) is 5.56 Å². The quantitative estimate of drug-likeness (QED) is 0.663. The summed E-state index contributed by atoms with van der Waals surface area (Å²) in [4.78, 5) is 4.25. The van der Waals surface area contributed by atoms with Gasteiger partial charge in [-0.3, -0.25) is 0 Å². The van der Waals surface area contributed by atoms with Crippen molar-refractivity contribution in [2.24, 2.45) is 0 Å². The van der Waals surface area contributed by atoms with E-state index in [9.17, 15) is 0 Å². The van der Waals surface area contributed by atoms with Gasteiger partial charge < -0.3 is 16.1 Å². The number of aromatic nitrogens is 5. The van der Waals surface area contributed by atoms with Crippen LogP contribution in [0.25, 0.3) is 11.5 Å². The molecule has 0 fully saturated rings. The van der Waals surface area contributed by atoms with Crippen molar-refractivity contribution >= 4 is 5.82 Å². The smallest absolute Gasteiger partial charge is 0.204 e. The molecule has 96 valence electrons. The highest BCUT2D eigenvalue weighted by atomic mass is 15.4. The molecule has 0 atom stereocenters. The summed E-state index contributed by atoms with van der Waals surface area (Å²) in [5, 5.41) is 7.61. The van der Waals surface area contributed by atoms with Gasteiger partial charge in [0.1, 0.15) is 12.1 Å². The monoisotopic (exact) mass is 255 g/mol. The summed E-state index contributed by atoms with van der Waals surface area (Å²) in [7, 11) is 0. The molecule has 0 bridgehead atoms. The largest absolute Gasteiger partial charge is 0.383 e. The van der Waals surface area contributed by atoms with Crippen LogP contribution in [0, 0.1) is 0 Å². The van der Waals surface area contributed by atoms with Crippen molar-refractivity contribution in [1.29, 1.82) is 0 Å². The van der Waals surface area contributed by atoms with E-state index in [0.717, 1.165) is 5.56 Å². The molecular weight excluding hydrogens is 242 g/mol. The SMILES string of the molecule is Nc1c(-c2nncn2N)ncn1Cc1ccccc1. The molecule has 7 heteroatoms. The van der Waals surface area contributed by atoms with Crippen LogP contribution in [0.15, 0.2) is 43.0 Å². The maximum absolute atomic E-state index is 6.08. The van der Waals surface area contributed by atoms with Crippen LogP contribution in [-0.4, -0.2) is 24.4 Å². The lowest BCUT2D eigenvalue weighted by Gasteiger charge is -2.05. The third kappa shape index (κ3) is 2.01. The molecule has 0 saturated carbocycles. The molecule has 4 N–H and O–H groups in total. The van der Waals surface area contributed by atoms with Crippen LogP contribution < -0.4 is 11.6 Å². The van der Waals surface area contributed by atoms with E-state index in [-0.39, 0.29) is 0 Å². The maximum atomic E-state index is 6.08. The second kappa shape index (κ2) is 4.45. The molecule has 2 aromatic heterocycles. The Kier molecular flexibility index (Phi) is 2.64. The summed E-state index contributed by atoms with van der Waals surface area (Å²) in [5.41, 5.74) is 7.76. The van der Waals surface area contributed by atoms with E-state index in [2.05, 4.69) is 15.2 Å². The second-order valence-corrected chi connectivity index (χ2v) is 4.15. The van der Waals surface area contributed by atoms with Gasteiger partial charge in [-0.25, -0.2) is 9.66 Å². The number of nitrogens with zero attached hydrogens (tertiary/aromatic N) is 5. The zero-order valence-corrected chi connectivity index (χ0v) is 10.1. The fourth-order valence-electron chi connectivity index (χ4n) is 1.88. The first-order valence-electron chi connectivity index (χ1n) is 5.75. The van der Waals surface area contributed by atoms with Crippen LogP contribution in [-0.2, 0) is 6.54 Å². The molecule has 0 amide bonds. The standard InChI is InChI=1S/C12H13N7/c13-11-10(12-17-16-8-19(12)14)15-7-18(11)6-9-4-2-1-3-5-9/h1-5,7-8H,6,13-14H2. The molecule has 0 saturated heterocycles. The number of benzene rings is 1. The van der Waals surface area contributed by atoms with Crippen LogP contribution in [0.2, 0.25) is 0 Å². The van der Waals surface area contributed by atoms with E-state index in [4.69, 9.17) is 11.6 Å². The van der Waals surface area contributed by atoms with E-state index in [1.54, 1.807) is 6.33 Å². The lowest BCUT2D eigenvalue weighted by atomic mass is 10.2. The van der Waals surface area contributed by atoms with Gasteiger partial charge in [0.05, 0.1) is 12.9 Å². The van der Waals surface area contributed by atoms with Crippen molar-refractivity contribution < 1.29 is 0 Å². The van der Waals surface area contributed by atoms with E-state index in [1.165, 1.54) is 11.0 Å². The molecule has 0 spiro atoms. The Morgan fingerprint density at radius 3 is 2.58 bits per heavy atom. The van der Waals surface area contributed by atoms with Crippen LogP contribution in [0.5, 0.6) is 0 Å². The number of hydrogen-bond donors (Lipinski definition) is 2. The summed E-state index contributed by atoms with van der Waals surface area (Å²) < 4.78 is 3.14. The Morgan fingerprint density at radius 1 is 1.11 bits per heavy atom. The van der Waals surface area contributed by atoms with Crippen LogP contribution >= 0.6 is 0 Å². The molecule has 3 rings (SSSR count). The lowest BCUT2D eigenvalue weighted by Crippen LogP contribution is -2.10. The summed E-state index contributed by atoms with van der Waals surface area (Å²) in [5.74, 6) is 6.66. The van der Waals surface area contributed by atoms with Gasteiger partial charge in [0.15, 0.2) is 5.69 Å². The normalized spacial score (nSPS) is 10.7. The van der Waals surface area contributed by atoms with Crippen molar-refractivity contribution in [3.05, 3.63) is 48.5 Å². The van der Waals surface area contributed by atoms with Gasteiger partial charge in [-0.15, -0.1) is 10.2 Å². The first-order valence-corrected chi connectivity index (χ1v) is 5.75. The number of imidazole rings is 1. The molecule has 1 aromatic carbocycles. The summed E-state index contributed by atoms with van der Waals surface area (Å²) in [6, 6.07) is 10.0. The summed E-state index contributed by atoms with van der Waals surface area (Å²) >= 11 is 0. The number of nitrogen functional groups attached to an aromatic ring is 2. The predicted molar refractivity (Wildman–Crippen MR) is 71.3 cm³/mol.